The molecule has 9 aliphatic rings. The van der Waals surface area contributed by atoms with E-state index in [2.05, 4.69) is 34.5 Å². The van der Waals surface area contributed by atoms with E-state index in [9.17, 15) is 9.90 Å². The predicted octanol–water partition coefficient (Wildman–Crippen LogP) is 12.1. The number of hydrogen-bond donors (Lipinski definition) is 2. The van der Waals surface area contributed by atoms with Gasteiger partial charge in [-0.15, -0.1) is 0 Å². The van der Waals surface area contributed by atoms with Crippen LogP contribution in [0.15, 0.2) is 20.5 Å². The molecule has 13 atom stereocenters. The first-order valence-electron chi connectivity index (χ1n) is 27.4. The van der Waals surface area contributed by atoms with Crippen LogP contribution in [0.2, 0.25) is 0 Å². The molecule has 350 valence electrons. The van der Waals surface area contributed by atoms with E-state index in [0.29, 0.717) is 42.1 Å². The average Bonchev–Trinajstić information content (AvgIpc) is 3.57. The maximum absolute atomic E-state index is 13.7. The molecular formula is C53H90N6O3. The number of rotatable bonds is 13. The summed E-state index contributed by atoms with van der Waals surface area (Å²) in [5.41, 5.74) is 3.56. The summed E-state index contributed by atoms with van der Waals surface area (Å²) in [4.78, 5) is 23.3. The van der Waals surface area contributed by atoms with Crippen molar-refractivity contribution in [3.63, 3.8) is 0 Å². The quantitative estimate of drug-likeness (QED) is 0.142. The molecular weight excluding hydrogens is 769 g/mol. The van der Waals surface area contributed by atoms with E-state index in [1.807, 2.05) is 0 Å². The third kappa shape index (κ3) is 10.8. The van der Waals surface area contributed by atoms with E-state index in [1.54, 1.807) is 7.05 Å². The monoisotopic (exact) mass is 859 g/mol. The summed E-state index contributed by atoms with van der Waals surface area (Å²) in [5.74, 6) is 6.51. The van der Waals surface area contributed by atoms with Gasteiger partial charge in [-0.25, -0.2) is 0 Å². The number of Topliss-reactive ketones (excluding diaryl/α,β-unsaturated/α-hetero) is 1. The van der Waals surface area contributed by atoms with Crippen molar-refractivity contribution in [2.75, 3.05) is 13.7 Å². The van der Waals surface area contributed by atoms with Crippen LogP contribution in [0.4, 0.5) is 0 Å². The molecule has 0 radical (unpaired) electrons. The van der Waals surface area contributed by atoms with Crippen LogP contribution < -0.4 is 5.48 Å². The molecule has 9 aliphatic carbocycles. The van der Waals surface area contributed by atoms with Crippen molar-refractivity contribution in [3.8, 4) is 0 Å². The van der Waals surface area contributed by atoms with Gasteiger partial charge in [-0.05, 0) is 189 Å². The van der Waals surface area contributed by atoms with Crippen LogP contribution in [-0.2, 0) is 9.63 Å². The second-order valence-electron chi connectivity index (χ2n) is 23.8. The lowest BCUT2D eigenvalue weighted by molar-refractivity contribution is -0.125. The molecule has 62 heavy (non-hydrogen) atoms. The number of carbonyl (C=O) groups is 1. The first-order chi connectivity index (χ1) is 30.3. The third-order valence-electron chi connectivity index (χ3n) is 19.9. The minimum Gasteiger partial charge on any atom is -0.390 e. The molecule has 0 aromatic rings. The fourth-order valence-corrected chi connectivity index (χ4v) is 16.3. The Hall–Kier alpha value is -1.29. The summed E-state index contributed by atoms with van der Waals surface area (Å²) < 4.78 is 0. The minimum atomic E-state index is -0.518. The van der Waals surface area contributed by atoms with Gasteiger partial charge in [0.05, 0.1) is 24.8 Å². The Morgan fingerprint density at radius 2 is 1.19 bits per heavy atom. The molecule has 9 nitrogen and oxygen atoms in total. The van der Waals surface area contributed by atoms with Crippen LogP contribution in [0, 0.1) is 65.1 Å². The van der Waals surface area contributed by atoms with Gasteiger partial charge in [0.2, 0.25) is 0 Å². The van der Waals surface area contributed by atoms with Crippen LogP contribution in [0.5, 0.6) is 0 Å². The Morgan fingerprint density at radius 3 is 1.84 bits per heavy atom. The first-order valence-corrected chi connectivity index (χ1v) is 27.4. The highest BCUT2D eigenvalue weighted by molar-refractivity contribution is 5.86. The number of nitrogens with one attached hydrogen (secondary N) is 1. The molecule has 0 heterocycles. The smallest absolute Gasteiger partial charge is 0.139 e. The second-order valence-corrected chi connectivity index (χ2v) is 23.8. The Bertz CT molecular complexity index is 1450. The number of fused-ring (bicyclic) bond motifs is 4. The van der Waals surface area contributed by atoms with Gasteiger partial charge in [-0.1, -0.05) is 58.8 Å². The lowest BCUT2D eigenvalue weighted by atomic mass is 9.64. The molecule has 0 saturated heterocycles. The molecule has 13 unspecified atom stereocenters. The number of hydrogen-bond acceptors (Lipinski definition) is 9. The molecule has 0 aromatic carbocycles. The Morgan fingerprint density at radius 1 is 0.597 bits per heavy atom. The van der Waals surface area contributed by atoms with Gasteiger partial charge in [0.25, 0.3) is 0 Å². The van der Waals surface area contributed by atoms with Crippen molar-refractivity contribution in [2.24, 2.45) is 85.6 Å². The van der Waals surface area contributed by atoms with Gasteiger partial charge < -0.3 is 9.94 Å². The van der Waals surface area contributed by atoms with Gasteiger partial charge >= 0.3 is 0 Å². The number of carbonyl (C=O) groups excluding carboxylic acids is 1. The highest BCUT2D eigenvalue weighted by atomic mass is 16.6. The van der Waals surface area contributed by atoms with Gasteiger partial charge in [0.15, 0.2) is 0 Å². The van der Waals surface area contributed by atoms with Crippen LogP contribution in [0.25, 0.3) is 0 Å². The van der Waals surface area contributed by atoms with E-state index in [1.165, 1.54) is 135 Å². The Labute approximate surface area is 377 Å². The summed E-state index contributed by atoms with van der Waals surface area (Å²) >= 11 is 0. The summed E-state index contributed by atoms with van der Waals surface area (Å²) in [7, 11) is 1.75. The fraction of sp³-hybridized carbons (Fsp3) is 0.981. The van der Waals surface area contributed by atoms with Gasteiger partial charge in [-0.3, -0.25) is 9.69 Å². The molecule has 9 heteroatoms. The highest BCUT2D eigenvalue weighted by Crippen LogP contribution is 2.53. The lowest BCUT2D eigenvalue weighted by Gasteiger charge is -2.49. The fourth-order valence-electron chi connectivity index (χ4n) is 16.3. The van der Waals surface area contributed by atoms with E-state index in [-0.39, 0.29) is 35.9 Å². The molecule has 9 saturated carbocycles. The largest absolute Gasteiger partial charge is 0.390 e. The van der Waals surface area contributed by atoms with E-state index < -0.39 is 6.10 Å². The molecule has 9 fully saturated rings. The number of hydroxylamine groups is 1. The van der Waals surface area contributed by atoms with Crippen molar-refractivity contribution in [1.82, 2.24) is 10.4 Å². The van der Waals surface area contributed by atoms with Gasteiger partial charge in [0, 0.05) is 49.0 Å². The number of aliphatic hydroxyl groups excluding tert-OH is 1. The molecule has 0 spiro atoms. The Kier molecular flexibility index (Phi) is 15.9. The highest BCUT2D eigenvalue weighted by Gasteiger charge is 2.54. The molecule has 0 amide bonds. The standard InChI is InChI=1S/C53H90N6O3/c1-34-11-21-43(22-12-34)59(44-23-13-35(2)14-24-44)45-25-17-36(18-26-45)15-16-37-7-6-9-42(29-37)58-62-33-39-30-38-8-4-5-10-46(38)51(52(39)60)57-56-41-20-28-48-47-27-19-40(55-54-3)31-49(47)53(61)50(48)32-41/h34-52,58,60H,4-33H2,1-3H3. The second kappa shape index (κ2) is 21.6. The van der Waals surface area contributed by atoms with Gasteiger partial charge in [0.1, 0.15) is 11.8 Å². The molecule has 0 aromatic heterocycles. The minimum absolute atomic E-state index is 0.0862. The molecule has 2 N–H and O–H groups in total. The van der Waals surface area contributed by atoms with E-state index in [0.717, 1.165) is 93.2 Å². The van der Waals surface area contributed by atoms with Crippen molar-refractivity contribution in [3.05, 3.63) is 0 Å². The topological polar surface area (TPSA) is 111 Å². The zero-order chi connectivity index (χ0) is 42.6. The zero-order valence-corrected chi connectivity index (χ0v) is 39.7. The molecule has 0 aliphatic heterocycles. The van der Waals surface area contributed by atoms with Crippen molar-refractivity contribution in [1.29, 1.82) is 0 Å². The number of ketones is 1. The average molecular weight is 859 g/mol. The van der Waals surface area contributed by atoms with E-state index in [4.69, 9.17) is 15.1 Å². The third-order valence-corrected chi connectivity index (χ3v) is 19.9. The SMILES string of the molecule is CN=NC1CCC2C(C1)C(=O)C1CC(N=NC3C(O)C(CONC4CCCC(CCC5CCC(N(C6CCC(C)CC6)C6CCC(C)CC6)CC5)C4)CC4CCCCC43)CCC12. The zero-order valence-electron chi connectivity index (χ0n) is 39.7. The Balaban J connectivity index is 0.720. The first kappa shape index (κ1) is 45.8. The van der Waals surface area contributed by atoms with E-state index >= 15 is 0 Å². The summed E-state index contributed by atoms with van der Waals surface area (Å²) in [6.07, 6.45) is 36.7. The predicted molar refractivity (Wildman–Crippen MR) is 248 cm³/mol. The van der Waals surface area contributed by atoms with Crippen molar-refractivity contribution < 1.29 is 14.7 Å². The number of azo groups is 2. The maximum Gasteiger partial charge on any atom is 0.139 e. The van der Waals surface area contributed by atoms with Crippen molar-refractivity contribution in [2.45, 2.75) is 248 Å². The number of aliphatic hydroxyl groups is 1. The van der Waals surface area contributed by atoms with Crippen LogP contribution in [0.1, 0.15) is 200 Å². The molecule has 0 bridgehead atoms. The summed E-state index contributed by atoms with van der Waals surface area (Å²) in [5, 5.41) is 30.5. The van der Waals surface area contributed by atoms with Crippen LogP contribution in [-0.4, -0.2) is 77.8 Å². The molecule has 9 rings (SSSR count). The summed E-state index contributed by atoms with van der Waals surface area (Å²) in [6.45, 7) is 5.52. The maximum atomic E-state index is 13.7. The van der Waals surface area contributed by atoms with Gasteiger partial charge in [-0.2, -0.15) is 25.9 Å². The number of nitrogens with zero attached hydrogens (tertiary/aromatic N) is 5. The lowest BCUT2D eigenvalue weighted by Crippen LogP contribution is -2.52. The van der Waals surface area contributed by atoms with Crippen molar-refractivity contribution >= 4 is 5.78 Å². The summed E-state index contributed by atoms with van der Waals surface area (Å²) in [6, 6.07) is 3.16. The normalized spacial score (nSPS) is 46.8. The van der Waals surface area contributed by atoms with Crippen LogP contribution >= 0.6 is 0 Å². The van der Waals surface area contributed by atoms with Crippen LogP contribution in [0.3, 0.4) is 0 Å².